The van der Waals surface area contributed by atoms with Gasteiger partial charge < -0.3 is 10.0 Å². The van der Waals surface area contributed by atoms with Crippen molar-refractivity contribution >= 4 is 5.91 Å². The van der Waals surface area contributed by atoms with Crippen LogP contribution in [0.5, 0.6) is 0 Å². The molecular formula is C13H15N3O2. The van der Waals surface area contributed by atoms with Crippen molar-refractivity contribution in [2.75, 3.05) is 20.2 Å². The number of likely N-dealkylation sites (N-methyl/N-ethyl adjacent to an activating group) is 1. The quantitative estimate of drug-likeness (QED) is 0.872. The Morgan fingerprint density at radius 2 is 2.11 bits per heavy atom. The van der Waals surface area contributed by atoms with Crippen molar-refractivity contribution in [1.82, 2.24) is 14.5 Å². The van der Waals surface area contributed by atoms with Gasteiger partial charge in [-0.05, 0) is 12.1 Å². The maximum atomic E-state index is 12.1. The van der Waals surface area contributed by atoms with Gasteiger partial charge in [-0.3, -0.25) is 9.36 Å². The Labute approximate surface area is 105 Å². The van der Waals surface area contributed by atoms with Gasteiger partial charge in [0.2, 0.25) is 0 Å². The summed E-state index contributed by atoms with van der Waals surface area (Å²) in [6, 6.07) is 9.54. The normalized spacial score (nSPS) is 10.3. The first-order chi connectivity index (χ1) is 8.74. The summed E-state index contributed by atoms with van der Waals surface area (Å²) in [5.74, 6) is -0.162. The molecule has 1 N–H and O–H groups in total. The number of rotatable bonds is 4. The van der Waals surface area contributed by atoms with E-state index in [1.807, 2.05) is 30.3 Å². The minimum Gasteiger partial charge on any atom is -0.395 e. The molecule has 0 unspecified atom stereocenters. The monoisotopic (exact) mass is 245 g/mol. The standard InChI is InChI=1S/C13H15N3O2/c1-15(7-8-17)13(18)12-9-14-10-16(12)11-5-3-2-4-6-11/h2-6,9-10,17H,7-8H2,1H3. The van der Waals surface area contributed by atoms with Crippen LogP contribution in [-0.2, 0) is 0 Å². The summed E-state index contributed by atoms with van der Waals surface area (Å²) in [4.78, 5) is 17.6. The van der Waals surface area contributed by atoms with Gasteiger partial charge in [-0.2, -0.15) is 0 Å². The van der Waals surface area contributed by atoms with Crippen LogP contribution in [0.3, 0.4) is 0 Å². The predicted molar refractivity (Wildman–Crippen MR) is 67.6 cm³/mol. The second kappa shape index (κ2) is 5.46. The van der Waals surface area contributed by atoms with Gasteiger partial charge >= 0.3 is 0 Å². The number of benzene rings is 1. The van der Waals surface area contributed by atoms with E-state index in [1.54, 1.807) is 17.9 Å². The molecule has 5 heteroatoms. The Morgan fingerprint density at radius 3 is 2.78 bits per heavy atom. The molecule has 0 aliphatic carbocycles. The Morgan fingerprint density at radius 1 is 1.39 bits per heavy atom. The van der Waals surface area contributed by atoms with E-state index < -0.39 is 0 Å². The zero-order valence-electron chi connectivity index (χ0n) is 10.2. The fourth-order valence-corrected chi connectivity index (χ4v) is 1.69. The Hall–Kier alpha value is -2.14. The van der Waals surface area contributed by atoms with Gasteiger partial charge in [-0.15, -0.1) is 0 Å². The molecule has 0 saturated heterocycles. The molecule has 0 fully saturated rings. The summed E-state index contributed by atoms with van der Waals surface area (Å²) < 4.78 is 1.73. The van der Waals surface area contributed by atoms with Crippen LogP contribution in [0.2, 0.25) is 0 Å². The van der Waals surface area contributed by atoms with Gasteiger partial charge in [0, 0.05) is 19.3 Å². The Balaban J connectivity index is 2.31. The van der Waals surface area contributed by atoms with Crippen LogP contribution in [0.4, 0.5) is 0 Å². The number of nitrogens with zero attached hydrogens (tertiary/aromatic N) is 3. The van der Waals surface area contributed by atoms with Crippen LogP contribution in [0, 0.1) is 0 Å². The highest BCUT2D eigenvalue weighted by molar-refractivity contribution is 5.92. The van der Waals surface area contributed by atoms with Crippen LogP contribution in [0.25, 0.3) is 5.69 Å². The highest BCUT2D eigenvalue weighted by Gasteiger charge is 2.16. The topological polar surface area (TPSA) is 58.4 Å². The number of para-hydroxylation sites is 1. The minimum absolute atomic E-state index is 0.0539. The number of aliphatic hydroxyl groups is 1. The van der Waals surface area contributed by atoms with E-state index in [9.17, 15) is 4.79 Å². The van der Waals surface area contributed by atoms with Gasteiger partial charge in [-0.25, -0.2) is 4.98 Å². The largest absolute Gasteiger partial charge is 0.395 e. The van der Waals surface area contributed by atoms with Gasteiger partial charge in [0.1, 0.15) is 5.69 Å². The highest BCUT2D eigenvalue weighted by atomic mass is 16.3. The summed E-state index contributed by atoms with van der Waals surface area (Å²) in [5, 5.41) is 8.85. The van der Waals surface area contributed by atoms with Crippen LogP contribution in [0.15, 0.2) is 42.9 Å². The number of aromatic nitrogens is 2. The second-order valence-corrected chi connectivity index (χ2v) is 3.93. The molecule has 1 heterocycles. The predicted octanol–water partition coefficient (Wildman–Crippen LogP) is 0.937. The van der Waals surface area contributed by atoms with Crippen LogP contribution in [0.1, 0.15) is 10.5 Å². The number of imidazole rings is 1. The van der Waals surface area contributed by atoms with Crippen LogP contribution >= 0.6 is 0 Å². The molecule has 0 aliphatic rings. The van der Waals surface area contributed by atoms with Crippen molar-refractivity contribution in [1.29, 1.82) is 0 Å². The third-order valence-corrected chi connectivity index (χ3v) is 2.67. The first-order valence-corrected chi connectivity index (χ1v) is 5.68. The fraction of sp³-hybridized carbons (Fsp3) is 0.231. The maximum absolute atomic E-state index is 12.1. The van der Waals surface area contributed by atoms with Crippen molar-refractivity contribution in [3.8, 4) is 5.69 Å². The van der Waals surface area contributed by atoms with E-state index in [2.05, 4.69) is 4.98 Å². The van der Waals surface area contributed by atoms with E-state index in [4.69, 9.17) is 5.11 Å². The van der Waals surface area contributed by atoms with Gasteiger partial charge in [0.25, 0.3) is 5.91 Å². The van der Waals surface area contributed by atoms with Crippen LogP contribution < -0.4 is 0 Å². The third-order valence-electron chi connectivity index (χ3n) is 2.67. The van der Waals surface area contributed by atoms with Gasteiger partial charge in [0.15, 0.2) is 0 Å². The zero-order valence-corrected chi connectivity index (χ0v) is 10.2. The zero-order chi connectivity index (χ0) is 13.0. The molecule has 94 valence electrons. The molecule has 5 nitrogen and oxygen atoms in total. The Bertz CT molecular complexity index is 522. The number of carbonyl (C=O) groups excluding carboxylic acids is 1. The SMILES string of the molecule is CN(CCO)C(=O)c1cncn1-c1ccccc1. The molecule has 0 spiro atoms. The van der Waals surface area contributed by atoms with Crippen molar-refractivity contribution in [3.05, 3.63) is 48.5 Å². The van der Waals surface area contributed by atoms with Gasteiger partial charge in [0.05, 0.1) is 19.1 Å². The van der Waals surface area contributed by atoms with Crippen LogP contribution in [-0.4, -0.2) is 45.7 Å². The van der Waals surface area contributed by atoms with Gasteiger partial charge in [-0.1, -0.05) is 18.2 Å². The molecule has 2 rings (SSSR count). The van der Waals surface area contributed by atoms with E-state index in [0.717, 1.165) is 5.69 Å². The van der Waals surface area contributed by atoms with E-state index >= 15 is 0 Å². The first-order valence-electron chi connectivity index (χ1n) is 5.68. The van der Waals surface area contributed by atoms with Crippen molar-refractivity contribution in [2.45, 2.75) is 0 Å². The molecule has 0 atom stereocenters. The molecule has 1 aromatic carbocycles. The Kier molecular flexibility index (Phi) is 3.74. The first kappa shape index (κ1) is 12.3. The lowest BCUT2D eigenvalue weighted by molar-refractivity contribution is 0.0759. The summed E-state index contributed by atoms with van der Waals surface area (Å²) in [5.41, 5.74) is 1.37. The fourth-order valence-electron chi connectivity index (χ4n) is 1.69. The molecule has 0 radical (unpaired) electrons. The van der Waals surface area contributed by atoms with Crippen molar-refractivity contribution in [2.24, 2.45) is 0 Å². The maximum Gasteiger partial charge on any atom is 0.272 e. The minimum atomic E-state index is -0.162. The molecule has 0 bridgehead atoms. The second-order valence-electron chi connectivity index (χ2n) is 3.93. The molecule has 1 aromatic heterocycles. The molecule has 1 amide bonds. The smallest absolute Gasteiger partial charge is 0.272 e. The number of hydrogen-bond acceptors (Lipinski definition) is 3. The molecule has 0 saturated carbocycles. The molecule has 18 heavy (non-hydrogen) atoms. The van der Waals surface area contributed by atoms with E-state index in [0.29, 0.717) is 12.2 Å². The highest BCUT2D eigenvalue weighted by Crippen LogP contribution is 2.12. The lowest BCUT2D eigenvalue weighted by Gasteiger charge is -2.16. The van der Waals surface area contributed by atoms with E-state index in [1.165, 1.54) is 11.1 Å². The molecular weight excluding hydrogens is 230 g/mol. The summed E-state index contributed by atoms with van der Waals surface area (Å²) in [6.07, 6.45) is 3.14. The summed E-state index contributed by atoms with van der Waals surface area (Å²) in [6.45, 7) is 0.251. The average Bonchev–Trinajstić information content (AvgIpc) is 2.88. The number of carbonyl (C=O) groups is 1. The van der Waals surface area contributed by atoms with Crippen molar-refractivity contribution in [3.63, 3.8) is 0 Å². The lowest BCUT2D eigenvalue weighted by atomic mass is 10.3. The number of aliphatic hydroxyl groups excluding tert-OH is 1. The molecule has 2 aromatic rings. The number of amides is 1. The average molecular weight is 245 g/mol. The summed E-state index contributed by atoms with van der Waals surface area (Å²) in [7, 11) is 1.65. The van der Waals surface area contributed by atoms with E-state index in [-0.39, 0.29) is 12.5 Å². The summed E-state index contributed by atoms with van der Waals surface area (Å²) >= 11 is 0. The number of hydrogen-bond donors (Lipinski definition) is 1. The molecule has 0 aliphatic heterocycles. The third kappa shape index (κ3) is 2.41. The van der Waals surface area contributed by atoms with Crippen molar-refractivity contribution < 1.29 is 9.90 Å². The lowest BCUT2D eigenvalue weighted by Crippen LogP contribution is -2.30.